The molecule has 6 nitrogen and oxygen atoms in total. The molecule has 0 aliphatic carbocycles. The van der Waals surface area contributed by atoms with E-state index in [4.69, 9.17) is 17.0 Å². The van der Waals surface area contributed by atoms with E-state index in [-0.39, 0.29) is 16.9 Å². The molecule has 0 aliphatic heterocycles. The minimum atomic E-state index is -0.315. The Bertz CT molecular complexity index is 1070. The average Bonchev–Trinajstić information content (AvgIpc) is 2.79. The Balaban J connectivity index is 1.50. The van der Waals surface area contributed by atoms with E-state index in [1.807, 2.05) is 18.2 Å². The Morgan fingerprint density at radius 1 is 0.781 bits per heavy atom. The predicted molar refractivity (Wildman–Crippen MR) is 131 cm³/mol. The highest BCUT2D eigenvalue weighted by Gasteiger charge is 2.09. The normalized spacial score (nSPS) is 10.3. The van der Waals surface area contributed by atoms with Crippen molar-refractivity contribution in [1.82, 2.24) is 5.32 Å². The van der Waals surface area contributed by atoms with E-state index in [2.05, 4.69) is 29.8 Å². The van der Waals surface area contributed by atoms with Crippen LogP contribution in [0.4, 0.5) is 11.4 Å². The highest BCUT2D eigenvalue weighted by atomic mass is 32.1. The Hall–Kier alpha value is -3.71. The summed E-state index contributed by atoms with van der Waals surface area (Å²) in [6.45, 7) is 4.77. The SMILES string of the molecule is CC(C)COc1ccc(C(=O)NC(=S)Nc2ccc(NC(=O)c3ccccc3)cc2)cc1. The summed E-state index contributed by atoms with van der Waals surface area (Å²) in [5.41, 5.74) is 2.40. The zero-order valence-corrected chi connectivity index (χ0v) is 18.7. The van der Waals surface area contributed by atoms with Gasteiger partial charge in [0.2, 0.25) is 0 Å². The summed E-state index contributed by atoms with van der Waals surface area (Å²) in [5.74, 6) is 0.644. The van der Waals surface area contributed by atoms with E-state index in [0.29, 0.717) is 35.0 Å². The molecule has 0 aliphatic rings. The van der Waals surface area contributed by atoms with Crippen molar-refractivity contribution in [1.29, 1.82) is 0 Å². The molecule has 32 heavy (non-hydrogen) atoms. The Kier molecular flexibility index (Phi) is 7.94. The van der Waals surface area contributed by atoms with Crippen LogP contribution >= 0.6 is 12.2 Å². The molecule has 0 radical (unpaired) electrons. The first-order valence-corrected chi connectivity index (χ1v) is 10.6. The maximum Gasteiger partial charge on any atom is 0.257 e. The molecule has 0 fully saturated rings. The van der Waals surface area contributed by atoms with Crippen molar-refractivity contribution in [2.75, 3.05) is 17.2 Å². The number of nitrogens with one attached hydrogen (secondary N) is 3. The maximum atomic E-state index is 12.4. The van der Waals surface area contributed by atoms with Crippen molar-refractivity contribution in [3.05, 3.63) is 90.0 Å². The molecular weight excluding hydrogens is 422 g/mol. The van der Waals surface area contributed by atoms with Gasteiger partial charge in [0.05, 0.1) is 6.61 Å². The largest absolute Gasteiger partial charge is 0.493 e. The monoisotopic (exact) mass is 447 g/mol. The van der Waals surface area contributed by atoms with Crippen LogP contribution in [0.5, 0.6) is 5.75 Å². The molecule has 3 N–H and O–H groups in total. The zero-order chi connectivity index (χ0) is 22.9. The molecule has 7 heteroatoms. The lowest BCUT2D eigenvalue weighted by Crippen LogP contribution is -2.34. The molecule has 0 heterocycles. The van der Waals surface area contributed by atoms with Crippen LogP contribution in [0.25, 0.3) is 0 Å². The van der Waals surface area contributed by atoms with E-state index in [0.717, 1.165) is 5.75 Å². The zero-order valence-electron chi connectivity index (χ0n) is 17.9. The van der Waals surface area contributed by atoms with E-state index in [9.17, 15) is 9.59 Å². The molecule has 0 atom stereocenters. The summed E-state index contributed by atoms with van der Waals surface area (Å²) < 4.78 is 5.62. The number of anilines is 2. The van der Waals surface area contributed by atoms with Crippen molar-refractivity contribution in [3.8, 4) is 5.75 Å². The number of carbonyl (C=O) groups excluding carboxylic acids is 2. The Morgan fingerprint density at radius 2 is 1.34 bits per heavy atom. The first-order valence-electron chi connectivity index (χ1n) is 10.2. The lowest BCUT2D eigenvalue weighted by Gasteiger charge is -2.12. The fraction of sp³-hybridized carbons (Fsp3) is 0.160. The summed E-state index contributed by atoms with van der Waals surface area (Å²) >= 11 is 5.24. The van der Waals surface area contributed by atoms with Crippen molar-refractivity contribution < 1.29 is 14.3 Å². The average molecular weight is 448 g/mol. The molecule has 2 amide bonds. The minimum absolute atomic E-state index is 0.177. The highest BCUT2D eigenvalue weighted by molar-refractivity contribution is 7.80. The van der Waals surface area contributed by atoms with Gasteiger partial charge >= 0.3 is 0 Å². The molecule has 0 bridgehead atoms. The molecular formula is C25H25N3O3S. The molecule has 0 spiro atoms. The smallest absolute Gasteiger partial charge is 0.257 e. The lowest BCUT2D eigenvalue weighted by atomic mass is 10.2. The summed E-state index contributed by atoms with van der Waals surface area (Å²) in [7, 11) is 0. The predicted octanol–water partition coefficient (Wildman–Crippen LogP) is 5.10. The van der Waals surface area contributed by atoms with Crippen LogP contribution in [0.3, 0.4) is 0 Å². The number of carbonyl (C=O) groups is 2. The maximum absolute atomic E-state index is 12.4. The van der Waals surface area contributed by atoms with Gasteiger partial charge < -0.3 is 15.4 Å². The third-order valence-corrected chi connectivity index (χ3v) is 4.57. The Morgan fingerprint density at radius 3 is 1.94 bits per heavy atom. The first kappa shape index (κ1) is 23.0. The van der Waals surface area contributed by atoms with E-state index >= 15 is 0 Å². The summed E-state index contributed by atoms with van der Waals surface area (Å²) in [6.07, 6.45) is 0. The van der Waals surface area contributed by atoms with Crippen LogP contribution in [0, 0.1) is 5.92 Å². The van der Waals surface area contributed by atoms with E-state index in [1.165, 1.54) is 0 Å². The minimum Gasteiger partial charge on any atom is -0.493 e. The van der Waals surface area contributed by atoms with Crippen LogP contribution < -0.4 is 20.7 Å². The van der Waals surface area contributed by atoms with Crippen molar-refractivity contribution in [2.24, 2.45) is 5.92 Å². The van der Waals surface area contributed by atoms with Gasteiger partial charge in [-0.25, -0.2) is 0 Å². The number of thiocarbonyl (C=S) groups is 1. The standard InChI is InChI=1S/C25H25N3O3S/c1-17(2)16-31-22-14-8-19(9-15-22)24(30)28-25(32)27-21-12-10-20(11-13-21)26-23(29)18-6-4-3-5-7-18/h3-15,17H,16H2,1-2H3,(H,26,29)(H2,27,28,30,32). The van der Waals surface area contributed by atoms with Gasteiger partial charge in [-0.15, -0.1) is 0 Å². The van der Waals surface area contributed by atoms with Crippen LogP contribution in [0.1, 0.15) is 34.6 Å². The quantitative estimate of drug-likeness (QED) is 0.439. The van der Waals surface area contributed by atoms with Gasteiger partial charge in [-0.05, 0) is 78.8 Å². The summed E-state index contributed by atoms with van der Waals surface area (Å²) in [5, 5.41) is 8.62. The van der Waals surface area contributed by atoms with Gasteiger partial charge in [0.25, 0.3) is 11.8 Å². The first-order chi connectivity index (χ1) is 15.4. The number of rotatable bonds is 7. The highest BCUT2D eigenvalue weighted by Crippen LogP contribution is 2.16. The van der Waals surface area contributed by atoms with Crippen LogP contribution in [-0.4, -0.2) is 23.5 Å². The molecule has 0 unspecified atom stereocenters. The van der Waals surface area contributed by atoms with Gasteiger partial charge in [0, 0.05) is 22.5 Å². The topological polar surface area (TPSA) is 79.5 Å². The molecule has 0 aromatic heterocycles. The van der Waals surface area contributed by atoms with Gasteiger partial charge in [0.1, 0.15) is 5.75 Å². The van der Waals surface area contributed by atoms with Crippen molar-refractivity contribution in [2.45, 2.75) is 13.8 Å². The van der Waals surface area contributed by atoms with Gasteiger partial charge in [0.15, 0.2) is 5.11 Å². The second-order valence-corrected chi connectivity index (χ2v) is 7.94. The molecule has 3 rings (SSSR count). The third-order valence-electron chi connectivity index (χ3n) is 4.36. The number of ether oxygens (including phenoxy) is 1. The number of hydrogen-bond acceptors (Lipinski definition) is 4. The Labute approximate surface area is 193 Å². The fourth-order valence-corrected chi connectivity index (χ4v) is 2.94. The number of hydrogen-bond donors (Lipinski definition) is 3. The van der Waals surface area contributed by atoms with E-state index in [1.54, 1.807) is 60.7 Å². The molecule has 0 saturated heterocycles. The molecule has 3 aromatic carbocycles. The fourth-order valence-electron chi connectivity index (χ4n) is 2.73. The van der Waals surface area contributed by atoms with Gasteiger partial charge in [-0.3, -0.25) is 14.9 Å². The number of benzene rings is 3. The van der Waals surface area contributed by atoms with Crippen molar-refractivity contribution >= 4 is 40.5 Å². The van der Waals surface area contributed by atoms with Gasteiger partial charge in [-0.2, -0.15) is 0 Å². The van der Waals surface area contributed by atoms with Crippen LogP contribution in [0.2, 0.25) is 0 Å². The molecule has 3 aromatic rings. The van der Waals surface area contributed by atoms with Crippen molar-refractivity contribution in [3.63, 3.8) is 0 Å². The summed E-state index contributed by atoms with van der Waals surface area (Å²) in [6, 6.07) is 22.9. The van der Waals surface area contributed by atoms with E-state index < -0.39 is 0 Å². The lowest BCUT2D eigenvalue weighted by molar-refractivity contribution is 0.0976. The second kappa shape index (κ2) is 11.1. The van der Waals surface area contributed by atoms with Gasteiger partial charge in [-0.1, -0.05) is 32.0 Å². The second-order valence-electron chi connectivity index (χ2n) is 7.53. The molecule has 0 saturated carbocycles. The summed E-state index contributed by atoms with van der Waals surface area (Å²) in [4.78, 5) is 24.6. The van der Waals surface area contributed by atoms with Crippen LogP contribution in [-0.2, 0) is 0 Å². The van der Waals surface area contributed by atoms with Crippen LogP contribution in [0.15, 0.2) is 78.9 Å². The third kappa shape index (κ3) is 6.92. The molecule has 164 valence electrons. The number of amides is 2.